The average Bonchev–Trinajstić information content (AvgIpc) is 2.83. The summed E-state index contributed by atoms with van der Waals surface area (Å²) in [5.74, 6) is -0.0646. The van der Waals surface area contributed by atoms with Gasteiger partial charge in [-0.3, -0.25) is 5.10 Å². The first-order valence-corrected chi connectivity index (χ1v) is 7.10. The summed E-state index contributed by atoms with van der Waals surface area (Å²) < 4.78 is 18.7. The summed E-state index contributed by atoms with van der Waals surface area (Å²) in [5.41, 5.74) is 2.99. The Morgan fingerprint density at radius 3 is 2.67 bits per heavy atom. The number of rotatable bonds is 6. The predicted octanol–water partition coefficient (Wildman–Crippen LogP) is 3.15. The van der Waals surface area contributed by atoms with Gasteiger partial charge in [0.1, 0.15) is 0 Å². The van der Waals surface area contributed by atoms with E-state index in [0.717, 1.165) is 23.4 Å². The second kappa shape index (κ2) is 6.72. The minimum Gasteiger partial charge on any atom is -0.494 e. The number of nitrogens with zero attached hydrogens (tertiary/aromatic N) is 1. The maximum absolute atomic E-state index is 13.7. The van der Waals surface area contributed by atoms with Crippen molar-refractivity contribution in [2.24, 2.45) is 0 Å². The van der Waals surface area contributed by atoms with Gasteiger partial charge in [0.05, 0.1) is 12.8 Å². The van der Waals surface area contributed by atoms with Crippen molar-refractivity contribution < 1.29 is 9.13 Å². The zero-order valence-electron chi connectivity index (χ0n) is 12.9. The molecule has 0 saturated heterocycles. The monoisotopic (exact) mass is 291 g/mol. The maximum Gasteiger partial charge on any atom is 0.165 e. The third-order valence-corrected chi connectivity index (χ3v) is 3.48. The number of ether oxygens (including phenoxy) is 1. The molecule has 0 bridgehead atoms. The summed E-state index contributed by atoms with van der Waals surface area (Å²) in [6, 6.07) is 7.39. The number of benzene rings is 1. The topological polar surface area (TPSA) is 49.9 Å². The van der Waals surface area contributed by atoms with E-state index in [4.69, 9.17) is 4.74 Å². The van der Waals surface area contributed by atoms with Crippen LogP contribution in [0.4, 0.5) is 4.39 Å². The maximum atomic E-state index is 13.7. The molecule has 2 aromatic rings. The van der Waals surface area contributed by atoms with Gasteiger partial charge in [0.25, 0.3) is 0 Å². The van der Waals surface area contributed by atoms with Crippen LogP contribution in [0, 0.1) is 12.7 Å². The van der Waals surface area contributed by atoms with E-state index in [1.54, 1.807) is 6.07 Å². The highest BCUT2D eigenvalue weighted by Crippen LogP contribution is 2.22. The summed E-state index contributed by atoms with van der Waals surface area (Å²) in [5, 5.41) is 10.6. The van der Waals surface area contributed by atoms with Gasteiger partial charge in [0.2, 0.25) is 0 Å². The highest BCUT2D eigenvalue weighted by Gasteiger charge is 2.13. The van der Waals surface area contributed by atoms with E-state index in [2.05, 4.69) is 22.4 Å². The Bertz CT molecular complexity index is 597. The molecule has 5 heteroatoms. The van der Waals surface area contributed by atoms with Crippen LogP contribution in [0.15, 0.2) is 24.3 Å². The van der Waals surface area contributed by atoms with E-state index in [1.165, 1.54) is 13.2 Å². The number of hydrogen-bond acceptors (Lipinski definition) is 3. The van der Waals surface area contributed by atoms with E-state index in [-0.39, 0.29) is 23.7 Å². The molecule has 0 aliphatic rings. The average molecular weight is 291 g/mol. The zero-order chi connectivity index (χ0) is 15.4. The zero-order valence-corrected chi connectivity index (χ0v) is 12.9. The van der Waals surface area contributed by atoms with E-state index in [1.807, 2.05) is 26.0 Å². The number of halogens is 1. The van der Waals surface area contributed by atoms with E-state index in [9.17, 15) is 4.39 Å². The van der Waals surface area contributed by atoms with Crippen LogP contribution in [0.3, 0.4) is 0 Å². The van der Waals surface area contributed by atoms with Gasteiger partial charge >= 0.3 is 0 Å². The SMILES string of the molecule is COc1ccc([C@H](C)N[C@@H](C)Cc2cc(C)[nH]n2)cc1F. The van der Waals surface area contributed by atoms with Gasteiger partial charge in [-0.1, -0.05) is 6.07 Å². The molecule has 0 spiro atoms. The Morgan fingerprint density at radius 1 is 1.33 bits per heavy atom. The summed E-state index contributed by atoms with van der Waals surface area (Å²) in [4.78, 5) is 0. The molecule has 2 rings (SSSR count). The van der Waals surface area contributed by atoms with Crippen molar-refractivity contribution in [1.29, 1.82) is 0 Å². The molecule has 0 aliphatic heterocycles. The third-order valence-electron chi connectivity index (χ3n) is 3.48. The number of aryl methyl sites for hydroxylation is 1. The fourth-order valence-electron chi connectivity index (χ4n) is 2.43. The molecule has 0 fully saturated rings. The molecule has 2 N–H and O–H groups in total. The van der Waals surface area contributed by atoms with Gasteiger partial charge in [-0.2, -0.15) is 5.10 Å². The van der Waals surface area contributed by atoms with Gasteiger partial charge in [-0.05, 0) is 44.5 Å². The van der Waals surface area contributed by atoms with Gasteiger partial charge in [-0.15, -0.1) is 0 Å². The van der Waals surface area contributed by atoms with Crippen LogP contribution in [-0.2, 0) is 6.42 Å². The lowest BCUT2D eigenvalue weighted by Crippen LogP contribution is -2.30. The number of nitrogens with one attached hydrogen (secondary N) is 2. The van der Waals surface area contributed by atoms with Gasteiger partial charge in [0.15, 0.2) is 11.6 Å². The van der Waals surface area contributed by atoms with E-state index in [0.29, 0.717) is 0 Å². The molecule has 2 atom stereocenters. The molecule has 0 radical (unpaired) electrons. The van der Waals surface area contributed by atoms with Crippen LogP contribution in [0.25, 0.3) is 0 Å². The fourth-order valence-corrected chi connectivity index (χ4v) is 2.43. The minimum absolute atomic E-state index is 0.0560. The Labute approximate surface area is 124 Å². The van der Waals surface area contributed by atoms with Crippen LogP contribution >= 0.6 is 0 Å². The summed E-state index contributed by atoms with van der Waals surface area (Å²) in [6.45, 7) is 6.10. The van der Waals surface area contributed by atoms with E-state index >= 15 is 0 Å². The molecule has 1 aromatic heterocycles. The molecule has 0 aliphatic carbocycles. The first-order valence-electron chi connectivity index (χ1n) is 7.10. The lowest BCUT2D eigenvalue weighted by molar-refractivity contribution is 0.385. The first-order chi connectivity index (χ1) is 9.99. The summed E-state index contributed by atoms with van der Waals surface area (Å²) in [6.07, 6.45) is 0.827. The number of aromatic nitrogens is 2. The highest BCUT2D eigenvalue weighted by molar-refractivity contribution is 5.30. The van der Waals surface area contributed by atoms with Crippen molar-refractivity contribution in [3.63, 3.8) is 0 Å². The number of aromatic amines is 1. The lowest BCUT2D eigenvalue weighted by atomic mass is 10.1. The second-order valence-corrected chi connectivity index (χ2v) is 5.43. The molecule has 0 unspecified atom stereocenters. The number of methoxy groups -OCH3 is 1. The first kappa shape index (κ1) is 15.5. The Morgan fingerprint density at radius 2 is 2.10 bits per heavy atom. The second-order valence-electron chi connectivity index (χ2n) is 5.43. The fraction of sp³-hybridized carbons (Fsp3) is 0.438. The van der Waals surface area contributed by atoms with Crippen LogP contribution in [0.5, 0.6) is 5.75 Å². The van der Waals surface area contributed by atoms with Crippen molar-refractivity contribution in [3.05, 3.63) is 47.0 Å². The van der Waals surface area contributed by atoms with Crippen molar-refractivity contribution in [2.45, 2.75) is 39.3 Å². The Kier molecular flexibility index (Phi) is 4.96. The molecule has 114 valence electrons. The van der Waals surface area contributed by atoms with Gasteiger partial charge in [0, 0.05) is 24.2 Å². The standard InChI is InChI=1S/C16H22FN3O/c1-10(7-14-8-11(2)19-20-14)18-12(3)13-5-6-16(21-4)15(17)9-13/h5-6,8-10,12,18H,7H2,1-4H3,(H,19,20)/t10-,12-/m0/s1. The smallest absolute Gasteiger partial charge is 0.165 e. The van der Waals surface area contributed by atoms with E-state index < -0.39 is 0 Å². The van der Waals surface area contributed by atoms with Gasteiger partial charge < -0.3 is 10.1 Å². The van der Waals surface area contributed by atoms with Crippen LogP contribution < -0.4 is 10.1 Å². The molecule has 0 amide bonds. The third kappa shape index (κ3) is 4.04. The number of H-pyrrole nitrogens is 1. The molecule has 21 heavy (non-hydrogen) atoms. The Hall–Kier alpha value is -1.88. The van der Waals surface area contributed by atoms with Crippen LogP contribution in [-0.4, -0.2) is 23.3 Å². The molecular weight excluding hydrogens is 269 g/mol. The molecule has 0 saturated carbocycles. The van der Waals surface area contributed by atoms with Crippen molar-refractivity contribution in [3.8, 4) is 5.75 Å². The lowest BCUT2D eigenvalue weighted by Gasteiger charge is -2.20. The van der Waals surface area contributed by atoms with Gasteiger partial charge in [-0.25, -0.2) is 4.39 Å². The normalized spacial score (nSPS) is 14.0. The summed E-state index contributed by atoms with van der Waals surface area (Å²) in [7, 11) is 1.47. The summed E-state index contributed by atoms with van der Waals surface area (Å²) >= 11 is 0. The molecule has 1 aromatic carbocycles. The number of hydrogen-bond donors (Lipinski definition) is 2. The predicted molar refractivity (Wildman–Crippen MR) is 81.0 cm³/mol. The molecular formula is C16H22FN3O. The van der Waals surface area contributed by atoms with Crippen molar-refractivity contribution >= 4 is 0 Å². The largest absolute Gasteiger partial charge is 0.494 e. The van der Waals surface area contributed by atoms with Crippen LogP contribution in [0.1, 0.15) is 36.8 Å². The highest BCUT2D eigenvalue weighted by atomic mass is 19.1. The quantitative estimate of drug-likeness (QED) is 0.859. The van der Waals surface area contributed by atoms with Crippen molar-refractivity contribution in [2.75, 3.05) is 7.11 Å². The molecule has 1 heterocycles. The molecule has 4 nitrogen and oxygen atoms in total. The Balaban J connectivity index is 1.97. The van der Waals surface area contributed by atoms with Crippen LogP contribution in [0.2, 0.25) is 0 Å². The van der Waals surface area contributed by atoms with Crippen molar-refractivity contribution in [1.82, 2.24) is 15.5 Å². The minimum atomic E-state index is -0.334.